The number of methoxy groups -OCH3 is 1. The van der Waals surface area contributed by atoms with Gasteiger partial charge in [0.15, 0.2) is 15.0 Å². The highest BCUT2D eigenvalue weighted by atomic mass is 32.2. The number of aromatic nitrogens is 2. The maximum Gasteiger partial charge on any atom is 0.244 e. The second-order valence-electron chi connectivity index (χ2n) is 7.59. The van der Waals surface area contributed by atoms with Gasteiger partial charge >= 0.3 is 0 Å². The van der Waals surface area contributed by atoms with Crippen LogP contribution in [0.25, 0.3) is 10.2 Å². The normalized spacial score (nSPS) is 11.5. The predicted molar refractivity (Wildman–Crippen MR) is 130 cm³/mol. The number of hydrogen-bond acceptors (Lipinski definition) is 7. The van der Waals surface area contributed by atoms with Crippen LogP contribution in [0.1, 0.15) is 16.8 Å². The number of fused-ring (bicyclic) bond motifs is 1. The summed E-state index contributed by atoms with van der Waals surface area (Å²) in [6, 6.07) is 15.4. The van der Waals surface area contributed by atoms with Crippen molar-refractivity contribution in [3.8, 4) is 5.75 Å². The first kappa shape index (κ1) is 22.9. The first-order chi connectivity index (χ1) is 15.8. The summed E-state index contributed by atoms with van der Waals surface area (Å²) < 4.78 is 32.0. The van der Waals surface area contributed by atoms with Crippen molar-refractivity contribution in [2.75, 3.05) is 17.8 Å². The molecule has 0 saturated carbocycles. The summed E-state index contributed by atoms with van der Waals surface area (Å²) in [5, 5.41) is 0.444. The van der Waals surface area contributed by atoms with Crippen molar-refractivity contribution >= 4 is 42.4 Å². The van der Waals surface area contributed by atoms with Gasteiger partial charge in [-0.05, 0) is 67.4 Å². The van der Waals surface area contributed by atoms with Crippen molar-refractivity contribution in [1.29, 1.82) is 0 Å². The first-order valence-electron chi connectivity index (χ1n) is 10.2. The fraction of sp³-hybridized carbons (Fsp3) is 0.208. The maximum absolute atomic E-state index is 13.3. The summed E-state index contributed by atoms with van der Waals surface area (Å²) >= 11 is 1.36. The molecule has 2 aromatic heterocycles. The molecule has 0 bridgehead atoms. The molecule has 0 aliphatic carbocycles. The minimum atomic E-state index is -3.87. The summed E-state index contributed by atoms with van der Waals surface area (Å²) in [6.45, 7) is 4.11. The summed E-state index contributed by atoms with van der Waals surface area (Å²) in [5.41, 5.74) is 3.59. The highest BCUT2D eigenvalue weighted by Crippen LogP contribution is 2.33. The Morgan fingerprint density at radius 2 is 1.82 bits per heavy atom. The Labute approximate surface area is 196 Å². The molecule has 0 spiro atoms. The van der Waals surface area contributed by atoms with Crippen molar-refractivity contribution < 1.29 is 17.9 Å². The van der Waals surface area contributed by atoms with E-state index in [9.17, 15) is 13.2 Å². The zero-order chi connectivity index (χ0) is 23.6. The molecule has 2 heterocycles. The Hall–Kier alpha value is -3.30. The smallest absolute Gasteiger partial charge is 0.244 e. The Bertz CT molecular complexity index is 1400. The van der Waals surface area contributed by atoms with Crippen LogP contribution < -0.4 is 9.64 Å². The van der Waals surface area contributed by atoms with E-state index in [1.54, 1.807) is 30.5 Å². The first-order valence-corrected chi connectivity index (χ1v) is 12.7. The lowest BCUT2D eigenvalue weighted by Crippen LogP contribution is -2.35. The molecule has 0 aliphatic rings. The van der Waals surface area contributed by atoms with E-state index in [-0.39, 0.29) is 11.4 Å². The quantitative estimate of drug-likeness (QED) is 0.390. The molecule has 0 radical (unpaired) electrons. The monoisotopic (exact) mass is 481 g/mol. The number of pyridine rings is 1. The highest BCUT2D eigenvalue weighted by Gasteiger charge is 2.27. The standard InChI is InChI=1S/C24H23N3O4S2/c1-16-7-12-21-23(17(16)2)26-24(32-21)27(14-18-6-4-5-13-25-18)22(28)15-33(29,30)20-10-8-19(31-3)9-11-20/h4-13H,14-15H2,1-3H3. The summed E-state index contributed by atoms with van der Waals surface area (Å²) in [6.07, 6.45) is 1.64. The molecule has 0 saturated heterocycles. The average molecular weight is 482 g/mol. The number of carbonyl (C=O) groups excluding carboxylic acids is 1. The lowest BCUT2D eigenvalue weighted by molar-refractivity contribution is -0.116. The summed E-state index contributed by atoms with van der Waals surface area (Å²) in [4.78, 5) is 23.8. The van der Waals surface area contributed by atoms with E-state index < -0.39 is 21.5 Å². The minimum Gasteiger partial charge on any atom is -0.497 e. The van der Waals surface area contributed by atoms with Crippen molar-refractivity contribution in [2.45, 2.75) is 25.3 Å². The third kappa shape index (κ3) is 4.89. The van der Waals surface area contributed by atoms with Crippen LogP contribution in [-0.2, 0) is 21.2 Å². The van der Waals surface area contributed by atoms with Crippen molar-refractivity contribution in [3.05, 3.63) is 77.6 Å². The lowest BCUT2D eigenvalue weighted by Gasteiger charge is -2.19. The number of sulfone groups is 1. The molecule has 170 valence electrons. The van der Waals surface area contributed by atoms with Crippen molar-refractivity contribution in [2.24, 2.45) is 0 Å². The molecule has 0 atom stereocenters. The van der Waals surface area contributed by atoms with Crippen LogP contribution in [-0.4, -0.2) is 37.2 Å². The van der Waals surface area contributed by atoms with Gasteiger partial charge in [-0.15, -0.1) is 0 Å². The van der Waals surface area contributed by atoms with E-state index in [0.29, 0.717) is 16.6 Å². The van der Waals surface area contributed by atoms with Gasteiger partial charge in [-0.25, -0.2) is 13.4 Å². The van der Waals surface area contributed by atoms with E-state index in [1.165, 1.54) is 35.5 Å². The van der Waals surface area contributed by atoms with Gasteiger partial charge in [0.2, 0.25) is 5.91 Å². The van der Waals surface area contributed by atoms with Gasteiger partial charge in [0.05, 0.1) is 34.5 Å². The fourth-order valence-electron chi connectivity index (χ4n) is 3.35. The number of nitrogens with zero attached hydrogens (tertiary/aromatic N) is 3. The molecule has 4 aromatic rings. The number of ether oxygens (including phenoxy) is 1. The van der Waals surface area contributed by atoms with Gasteiger partial charge in [-0.2, -0.15) is 0 Å². The van der Waals surface area contributed by atoms with Crippen molar-refractivity contribution in [3.63, 3.8) is 0 Å². The highest BCUT2D eigenvalue weighted by molar-refractivity contribution is 7.92. The van der Waals surface area contributed by atoms with Crippen LogP contribution >= 0.6 is 11.3 Å². The molecule has 0 fully saturated rings. The van der Waals surface area contributed by atoms with E-state index >= 15 is 0 Å². The maximum atomic E-state index is 13.3. The summed E-state index contributed by atoms with van der Waals surface area (Å²) in [5.74, 6) is -0.706. The molecule has 0 aliphatic heterocycles. The molecule has 2 aromatic carbocycles. The van der Waals surface area contributed by atoms with Gasteiger partial charge in [-0.3, -0.25) is 14.7 Å². The molecule has 33 heavy (non-hydrogen) atoms. The largest absolute Gasteiger partial charge is 0.497 e. The SMILES string of the molecule is COc1ccc(S(=O)(=O)CC(=O)N(Cc2ccccn2)c2nc3c(C)c(C)ccc3s2)cc1. The second kappa shape index (κ2) is 9.29. The van der Waals surface area contributed by atoms with Crippen LogP contribution in [0, 0.1) is 13.8 Å². The molecule has 7 nitrogen and oxygen atoms in total. The number of rotatable bonds is 7. The molecule has 0 N–H and O–H groups in total. The lowest BCUT2D eigenvalue weighted by atomic mass is 10.1. The van der Waals surface area contributed by atoms with Crippen LogP contribution in [0.4, 0.5) is 5.13 Å². The van der Waals surface area contributed by atoms with Gasteiger partial charge in [0.25, 0.3) is 0 Å². The molecule has 9 heteroatoms. The molecular weight excluding hydrogens is 458 g/mol. The van der Waals surface area contributed by atoms with Crippen LogP contribution in [0.2, 0.25) is 0 Å². The number of carbonyl (C=O) groups is 1. The van der Waals surface area contributed by atoms with Crippen LogP contribution in [0.15, 0.2) is 65.7 Å². The van der Waals surface area contributed by atoms with E-state index in [1.807, 2.05) is 32.0 Å². The third-order valence-electron chi connectivity index (χ3n) is 5.38. The van der Waals surface area contributed by atoms with Gasteiger partial charge < -0.3 is 4.74 Å². The number of hydrogen-bond donors (Lipinski definition) is 0. The number of benzene rings is 2. The van der Waals surface area contributed by atoms with Gasteiger partial charge in [0.1, 0.15) is 11.5 Å². The van der Waals surface area contributed by atoms with Crippen LogP contribution in [0.3, 0.4) is 0 Å². The Kier molecular flexibility index (Phi) is 6.44. The number of aryl methyl sites for hydroxylation is 2. The molecule has 1 amide bonds. The zero-order valence-corrected chi connectivity index (χ0v) is 20.1. The van der Waals surface area contributed by atoms with E-state index in [4.69, 9.17) is 9.72 Å². The predicted octanol–water partition coefficient (Wildman–Crippen LogP) is 4.32. The van der Waals surface area contributed by atoms with E-state index in [0.717, 1.165) is 21.3 Å². The zero-order valence-electron chi connectivity index (χ0n) is 18.5. The van der Waals surface area contributed by atoms with Gasteiger partial charge in [-0.1, -0.05) is 23.5 Å². The average Bonchev–Trinajstić information content (AvgIpc) is 3.25. The van der Waals surface area contributed by atoms with Gasteiger partial charge in [0, 0.05) is 6.20 Å². The van der Waals surface area contributed by atoms with E-state index in [2.05, 4.69) is 4.98 Å². The summed E-state index contributed by atoms with van der Waals surface area (Å²) in [7, 11) is -2.36. The third-order valence-corrected chi connectivity index (χ3v) is 8.04. The topological polar surface area (TPSA) is 89.5 Å². The number of thiazole rings is 1. The minimum absolute atomic E-state index is 0.0604. The Morgan fingerprint density at radius 1 is 1.06 bits per heavy atom. The molecular formula is C24H23N3O4S2. The van der Waals surface area contributed by atoms with Crippen LogP contribution in [0.5, 0.6) is 5.75 Å². The molecule has 4 rings (SSSR count). The van der Waals surface area contributed by atoms with Crippen molar-refractivity contribution in [1.82, 2.24) is 9.97 Å². The second-order valence-corrected chi connectivity index (χ2v) is 10.6. The Morgan fingerprint density at radius 3 is 2.48 bits per heavy atom. The number of anilines is 1. The fourth-order valence-corrected chi connectivity index (χ4v) is 5.59. The molecule has 0 unspecified atom stereocenters. The number of amides is 1. The Balaban J connectivity index is 1.70.